The summed E-state index contributed by atoms with van der Waals surface area (Å²) < 4.78 is 34.3. The Morgan fingerprint density at radius 1 is 0.974 bits per heavy atom. The maximum Gasteiger partial charge on any atom is 0.340 e. The van der Waals surface area contributed by atoms with E-state index in [1.165, 1.54) is 0 Å². The second kappa shape index (κ2) is 11.3. The second-order valence-corrected chi connectivity index (χ2v) is 11.8. The molecule has 0 aliphatic heterocycles. The number of sulfonamides is 1. The van der Waals surface area contributed by atoms with E-state index in [1.807, 2.05) is 36.4 Å². The van der Waals surface area contributed by atoms with E-state index in [1.54, 1.807) is 70.3 Å². The summed E-state index contributed by atoms with van der Waals surface area (Å²) in [5, 5.41) is 9.24. The summed E-state index contributed by atoms with van der Waals surface area (Å²) in [5.41, 5.74) is 4.72. The van der Waals surface area contributed by atoms with Crippen LogP contribution in [0.5, 0.6) is 0 Å². The highest BCUT2D eigenvalue weighted by Gasteiger charge is 2.25. The van der Waals surface area contributed by atoms with E-state index in [0.717, 1.165) is 16.7 Å². The van der Waals surface area contributed by atoms with Crippen molar-refractivity contribution in [3.63, 3.8) is 0 Å². The lowest BCUT2D eigenvalue weighted by Gasteiger charge is -2.21. The van der Waals surface area contributed by atoms with Gasteiger partial charge in [0.25, 0.3) is 0 Å². The lowest BCUT2D eigenvalue weighted by atomic mass is 9.97. The molecule has 1 aromatic heterocycles. The van der Waals surface area contributed by atoms with Crippen LogP contribution in [0.4, 0.5) is 0 Å². The Hall–Kier alpha value is -4.19. The number of hydrogen-bond donors (Lipinski definition) is 2. The number of ether oxygens (including phenoxy) is 1. The minimum Gasteiger partial charge on any atom is -0.462 e. The normalized spacial score (nSPS) is 11.7. The largest absolute Gasteiger partial charge is 0.462 e. The molecule has 0 aliphatic rings. The summed E-state index contributed by atoms with van der Waals surface area (Å²) in [4.78, 5) is 16.4. The third kappa shape index (κ3) is 6.45. The van der Waals surface area contributed by atoms with Crippen molar-refractivity contribution in [2.75, 3.05) is 6.61 Å². The molecule has 200 valence electrons. The number of H-pyrrole nitrogens is 1. The number of nitrogens with one attached hydrogen (secondary N) is 2. The van der Waals surface area contributed by atoms with Crippen LogP contribution in [-0.2, 0) is 21.2 Å². The van der Waals surface area contributed by atoms with Crippen molar-refractivity contribution in [1.82, 2.24) is 9.71 Å². The van der Waals surface area contributed by atoms with E-state index in [4.69, 9.17) is 4.74 Å². The molecule has 0 atom stereocenters. The molecule has 0 fully saturated rings. The first-order valence-corrected chi connectivity index (χ1v) is 14.1. The highest BCUT2D eigenvalue weighted by Crippen LogP contribution is 2.33. The molecule has 0 radical (unpaired) electrons. The average molecular weight is 542 g/mol. The number of hydrogen-bond acceptors (Lipinski definition) is 5. The number of aromatic amines is 1. The standard InChI is InChI=1S/C31H31N3O4S/c1-5-38-30(35)29-26(20-33-27(29)18-21-9-8-10-22(17-21)19-32)24-15-13-23(14-16-24)25-11-6-7-12-28(25)39(36,37)34-31(2,3)4/h6-17,20,33-34H,5,18H2,1-4H3. The molecule has 0 bridgehead atoms. The fraction of sp³-hybridized carbons (Fsp3) is 0.226. The van der Waals surface area contributed by atoms with E-state index >= 15 is 0 Å². The number of aromatic nitrogens is 1. The summed E-state index contributed by atoms with van der Waals surface area (Å²) in [6, 6.07) is 23.7. The van der Waals surface area contributed by atoms with Crippen LogP contribution >= 0.6 is 0 Å². The van der Waals surface area contributed by atoms with Crippen LogP contribution in [-0.4, -0.2) is 31.5 Å². The van der Waals surface area contributed by atoms with Gasteiger partial charge in [-0.3, -0.25) is 0 Å². The van der Waals surface area contributed by atoms with Gasteiger partial charge in [0.15, 0.2) is 0 Å². The Labute approximate surface area is 229 Å². The third-order valence-corrected chi connectivity index (χ3v) is 7.82. The van der Waals surface area contributed by atoms with Crippen LogP contribution in [0.2, 0.25) is 0 Å². The predicted octanol–water partition coefficient (Wildman–Crippen LogP) is 6.06. The van der Waals surface area contributed by atoms with E-state index in [0.29, 0.717) is 34.4 Å². The van der Waals surface area contributed by atoms with Gasteiger partial charge in [0.1, 0.15) is 0 Å². The molecule has 39 heavy (non-hydrogen) atoms. The fourth-order valence-corrected chi connectivity index (χ4v) is 6.10. The smallest absolute Gasteiger partial charge is 0.340 e. The predicted molar refractivity (Wildman–Crippen MR) is 152 cm³/mol. The van der Waals surface area contributed by atoms with Gasteiger partial charge >= 0.3 is 5.97 Å². The van der Waals surface area contributed by atoms with Gasteiger partial charge in [0.2, 0.25) is 10.0 Å². The van der Waals surface area contributed by atoms with Gasteiger partial charge in [0, 0.05) is 35.0 Å². The van der Waals surface area contributed by atoms with Crippen molar-refractivity contribution < 1.29 is 17.9 Å². The van der Waals surface area contributed by atoms with Crippen molar-refractivity contribution in [2.45, 2.75) is 44.6 Å². The van der Waals surface area contributed by atoms with Gasteiger partial charge in [-0.2, -0.15) is 5.26 Å². The van der Waals surface area contributed by atoms with Crippen molar-refractivity contribution >= 4 is 16.0 Å². The monoisotopic (exact) mass is 541 g/mol. The zero-order chi connectivity index (χ0) is 28.2. The first kappa shape index (κ1) is 27.8. The number of rotatable bonds is 8. The molecule has 4 rings (SSSR count). The first-order chi connectivity index (χ1) is 18.5. The maximum absolute atomic E-state index is 13.1. The van der Waals surface area contributed by atoms with Crippen LogP contribution in [0.15, 0.2) is 83.9 Å². The van der Waals surface area contributed by atoms with Gasteiger partial charge in [-0.05, 0) is 62.6 Å². The number of benzene rings is 3. The van der Waals surface area contributed by atoms with Gasteiger partial charge in [-0.25, -0.2) is 17.9 Å². The zero-order valence-electron chi connectivity index (χ0n) is 22.4. The molecule has 0 saturated heterocycles. The Bertz CT molecular complexity index is 1640. The molecule has 0 amide bonds. The van der Waals surface area contributed by atoms with Crippen molar-refractivity contribution in [3.05, 3.63) is 101 Å². The van der Waals surface area contributed by atoms with Crippen molar-refractivity contribution in [1.29, 1.82) is 5.26 Å². The molecule has 0 aliphatic carbocycles. The third-order valence-electron chi connectivity index (χ3n) is 6.00. The SMILES string of the molecule is CCOC(=O)c1c(-c2ccc(-c3ccccc3S(=O)(=O)NC(C)(C)C)cc2)c[nH]c1Cc1cccc(C#N)c1. The molecule has 0 unspecified atom stereocenters. The maximum atomic E-state index is 13.1. The summed E-state index contributed by atoms with van der Waals surface area (Å²) in [7, 11) is -3.75. The van der Waals surface area contributed by atoms with E-state index in [-0.39, 0.29) is 11.5 Å². The molecule has 4 aromatic rings. The molecule has 0 saturated carbocycles. The van der Waals surface area contributed by atoms with Gasteiger partial charge < -0.3 is 9.72 Å². The molecule has 3 aromatic carbocycles. The Morgan fingerprint density at radius 2 is 1.64 bits per heavy atom. The first-order valence-electron chi connectivity index (χ1n) is 12.6. The quantitative estimate of drug-likeness (QED) is 0.263. The van der Waals surface area contributed by atoms with Crippen molar-refractivity contribution in [3.8, 4) is 28.3 Å². The number of nitrogens with zero attached hydrogens (tertiary/aromatic N) is 1. The van der Waals surface area contributed by atoms with Crippen LogP contribution in [0.3, 0.4) is 0 Å². The van der Waals surface area contributed by atoms with Gasteiger partial charge in [-0.15, -0.1) is 0 Å². The van der Waals surface area contributed by atoms with Gasteiger partial charge in [-0.1, -0.05) is 54.6 Å². The Kier molecular flexibility index (Phi) is 8.05. The van der Waals surface area contributed by atoms with E-state index < -0.39 is 21.5 Å². The van der Waals surface area contributed by atoms with Crippen LogP contribution in [0.1, 0.15) is 54.9 Å². The average Bonchev–Trinajstić information content (AvgIpc) is 3.31. The van der Waals surface area contributed by atoms with Crippen LogP contribution in [0, 0.1) is 11.3 Å². The highest BCUT2D eigenvalue weighted by molar-refractivity contribution is 7.89. The second-order valence-electron chi connectivity index (χ2n) is 10.2. The van der Waals surface area contributed by atoms with Crippen molar-refractivity contribution in [2.24, 2.45) is 0 Å². The van der Waals surface area contributed by atoms with E-state index in [2.05, 4.69) is 15.8 Å². The van der Waals surface area contributed by atoms with Crippen LogP contribution < -0.4 is 4.72 Å². The van der Waals surface area contributed by atoms with E-state index in [9.17, 15) is 18.5 Å². The summed E-state index contributed by atoms with van der Waals surface area (Å²) >= 11 is 0. The van der Waals surface area contributed by atoms with Crippen LogP contribution in [0.25, 0.3) is 22.3 Å². The molecule has 1 heterocycles. The fourth-order valence-electron chi connectivity index (χ4n) is 4.45. The molecular weight excluding hydrogens is 510 g/mol. The minimum absolute atomic E-state index is 0.198. The highest BCUT2D eigenvalue weighted by atomic mass is 32.2. The zero-order valence-corrected chi connectivity index (χ0v) is 23.2. The lowest BCUT2D eigenvalue weighted by molar-refractivity contribution is 0.0526. The Balaban J connectivity index is 1.72. The van der Waals surface area contributed by atoms with Gasteiger partial charge in [0.05, 0.1) is 28.7 Å². The number of carbonyl (C=O) groups excluding carboxylic acids is 1. The summed E-state index contributed by atoms with van der Waals surface area (Å²) in [6.45, 7) is 7.39. The molecule has 0 spiro atoms. The molecule has 2 N–H and O–H groups in total. The lowest BCUT2D eigenvalue weighted by Crippen LogP contribution is -2.40. The number of carbonyl (C=O) groups is 1. The summed E-state index contributed by atoms with van der Waals surface area (Å²) in [5.74, 6) is -0.436. The topological polar surface area (TPSA) is 112 Å². The summed E-state index contributed by atoms with van der Waals surface area (Å²) in [6.07, 6.45) is 2.20. The number of nitriles is 1. The molecule has 8 heteroatoms. The molecular formula is C31H31N3O4S. The number of esters is 1. The molecule has 7 nitrogen and oxygen atoms in total. The Morgan fingerprint density at radius 3 is 2.28 bits per heavy atom. The minimum atomic E-state index is -3.75.